The molecule has 1 aromatic carbocycles. The highest BCUT2D eigenvalue weighted by Crippen LogP contribution is 2.44. The van der Waals surface area contributed by atoms with Crippen molar-refractivity contribution in [2.75, 3.05) is 13.1 Å². The molecule has 0 radical (unpaired) electrons. The zero-order valence-electron chi connectivity index (χ0n) is 15.7. The van der Waals surface area contributed by atoms with Gasteiger partial charge in [-0.1, -0.05) is 35.7 Å². The number of nitrogens with one attached hydrogen (secondary N) is 1. The number of nitrogens with zero attached hydrogens (tertiary/aromatic N) is 1. The van der Waals surface area contributed by atoms with Gasteiger partial charge >= 0.3 is 0 Å². The van der Waals surface area contributed by atoms with Crippen molar-refractivity contribution < 1.29 is 13.2 Å². The molecule has 0 spiro atoms. The first kappa shape index (κ1) is 20.5. The van der Waals surface area contributed by atoms with Crippen molar-refractivity contribution in [3.63, 3.8) is 0 Å². The van der Waals surface area contributed by atoms with E-state index in [1.54, 1.807) is 18.2 Å². The third kappa shape index (κ3) is 4.35. The Morgan fingerprint density at radius 2 is 1.86 bits per heavy atom. The fourth-order valence-electron chi connectivity index (χ4n) is 5.04. The molecule has 1 N–H and O–H groups in total. The molecule has 3 atom stereocenters. The third-order valence-electron chi connectivity index (χ3n) is 6.64. The Morgan fingerprint density at radius 3 is 2.46 bits per heavy atom. The van der Waals surface area contributed by atoms with Crippen molar-refractivity contribution in [1.82, 2.24) is 9.62 Å². The molecule has 2 saturated carbocycles. The molecule has 8 heteroatoms. The predicted molar refractivity (Wildman–Crippen MR) is 111 cm³/mol. The molecule has 0 aromatic heterocycles. The first-order chi connectivity index (χ1) is 13.3. The summed E-state index contributed by atoms with van der Waals surface area (Å²) in [4.78, 5) is 12.6. The van der Waals surface area contributed by atoms with Crippen molar-refractivity contribution in [2.45, 2.75) is 50.3 Å². The van der Waals surface area contributed by atoms with Crippen LogP contribution in [0.5, 0.6) is 0 Å². The highest BCUT2D eigenvalue weighted by Gasteiger charge is 2.41. The lowest BCUT2D eigenvalue weighted by Crippen LogP contribution is -2.46. The zero-order valence-corrected chi connectivity index (χ0v) is 18.1. The number of halogens is 2. The summed E-state index contributed by atoms with van der Waals surface area (Å²) in [6, 6.07) is 5.18. The second-order valence-electron chi connectivity index (χ2n) is 8.46. The smallest absolute Gasteiger partial charge is 0.223 e. The Balaban J connectivity index is 1.31. The van der Waals surface area contributed by atoms with Crippen LogP contribution in [0.4, 0.5) is 0 Å². The Labute approximate surface area is 176 Å². The van der Waals surface area contributed by atoms with E-state index in [1.165, 1.54) is 23.6 Å². The molecule has 3 aliphatic rings. The molecule has 4 rings (SSSR count). The van der Waals surface area contributed by atoms with Gasteiger partial charge in [0.2, 0.25) is 15.9 Å². The summed E-state index contributed by atoms with van der Waals surface area (Å²) < 4.78 is 27.0. The molecule has 2 bridgehead atoms. The van der Waals surface area contributed by atoms with Crippen LogP contribution in [-0.2, 0) is 20.6 Å². The van der Waals surface area contributed by atoms with Crippen molar-refractivity contribution in [3.05, 3.63) is 33.8 Å². The van der Waals surface area contributed by atoms with Gasteiger partial charge in [0.25, 0.3) is 0 Å². The van der Waals surface area contributed by atoms with Gasteiger partial charge in [-0.2, -0.15) is 0 Å². The standard InChI is InChI=1S/C20H26Cl2N2O3S/c21-17-4-3-16(18(22)11-17)12-28(26,27)24-7-5-14(6-8-24)20(25)23-19-10-13-1-2-15(19)9-13/h3-4,11,13-15,19H,1-2,5-10,12H2,(H,23,25)/t13-,15-,19-/m0/s1. The van der Waals surface area contributed by atoms with E-state index in [9.17, 15) is 13.2 Å². The Kier molecular flexibility index (Phi) is 5.94. The van der Waals surface area contributed by atoms with E-state index in [1.807, 2.05) is 0 Å². The number of hydrogen-bond acceptors (Lipinski definition) is 3. The van der Waals surface area contributed by atoms with Crippen LogP contribution in [0.1, 0.15) is 44.1 Å². The van der Waals surface area contributed by atoms with Crippen LogP contribution in [0.2, 0.25) is 10.0 Å². The molecule has 1 saturated heterocycles. The van der Waals surface area contributed by atoms with E-state index < -0.39 is 10.0 Å². The van der Waals surface area contributed by atoms with Crippen molar-refractivity contribution in [1.29, 1.82) is 0 Å². The summed E-state index contributed by atoms with van der Waals surface area (Å²) in [7, 11) is -3.48. The van der Waals surface area contributed by atoms with Gasteiger partial charge in [0.15, 0.2) is 0 Å². The van der Waals surface area contributed by atoms with E-state index in [-0.39, 0.29) is 17.6 Å². The molecule has 1 amide bonds. The van der Waals surface area contributed by atoms with Crippen LogP contribution in [0.3, 0.4) is 0 Å². The van der Waals surface area contributed by atoms with Gasteiger partial charge in [0.05, 0.1) is 5.75 Å². The first-order valence-corrected chi connectivity index (χ1v) is 12.4. The maximum Gasteiger partial charge on any atom is 0.223 e. The Hall–Kier alpha value is -0.820. The van der Waals surface area contributed by atoms with E-state index in [0.29, 0.717) is 53.5 Å². The maximum atomic E-state index is 12.8. The lowest BCUT2D eigenvalue weighted by molar-refractivity contribution is -0.127. The number of carbonyl (C=O) groups excluding carboxylic acids is 1. The predicted octanol–water partition coefficient (Wildman–Crippen LogP) is 3.84. The monoisotopic (exact) mass is 444 g/mol. The van der Waals surface area contributed by atoms with Crippen LogP contribution in [0.25, 0.3) is 0 Å². The topological polar surface area (TPSA) is 66.5 Å². The van der Waals surface area contributed by atoms with E-state index in [2.05, 4.69) is 5.32 Å². The fraction of sp³-hybridized carbons (Fsp3) is 0.650. The maximum absolute atomic E-state index is 12.8. The van der Waals surface area contributed by atoms with Gasteiger partial charge in [0, 0.05) is 35.1 Å². The number of amides is 1. The zero-order chi connectivity index (χ0) is 19.9. The summed E-state index contributed by atoms with van der Waals surface area (Å²) in [5.41, 5.74) is 0.544. The van der Waals surface area contributed by atoms with Crippen molar-refractivity contribution >= 4 is 39.1 Å². The molecule has 5 nitrogen and oxygen atoms in total. The molecule has 1 aromatic rings. The normalized spacial score (nSPS) is 28.6. The Morgan fingerprint density at radius 1 is 1.11 bits per heavy atom. The Bertz CT molecular complexity index is 853. The highest BCUT2D eigenvalue weighted by molar-refractivity contribution is 7.88. The average Bonchev–Trinajstić information content (AvgIpc) is 3.27. The summed E-state index contributed by atoms with van der Waals surface area (Å²) in [5.74, 6) is 1.31. The summed E-state index contributed by atoms with van der Waals surface area (Å²) in [5, 5.41) is 4.09. The van der Waals surface area contributed by atoms with Gasteiger partial charge in [-0.05, 0) is 61.6 Å². The van der Waals surface area contributed by atoms with Crippen molar-refractivity contribution in [3.8, 4) is 0 Å². The second kappa shape index (κ2) is 8.13. The number of sulfonamides is 1. The van der Waals surface area contributed by atoms with E-state index >= 15 is 0 Å². The summed E-state index contributed by atoms with van der Waals surface area (Å²) in [6.45, 7) is 0.755. The molecular formula is C20H26Cl2N2O3S. The molecule has 1 heterocycles. The number of piperidine rings is 1. The summed E-state index contributed by atoms with van der Waals surface area (Å²) in [6.07, 6.45) is 6.06. The van der Waals surface area contributed by atoms with Gasteiger partial charge in [-0.25, -0.2) is 12.7 Å². The number of hydrogen-bond donors (Lipinski definition) is 1. The minimum Gasteiger partial charge on any atom is -0.353 e. The second-order valence-corrected chi connectivity index (χ2v) is 11.3. The van der Waals surface area contributed by atoms with E-state index in [4.69, 9.17) is 23.2 Å². The molecule has 3 fully saturated rings. The lowest BCUT2D eigenvalue weighted by atomic mass is 9.93. The highest BCUT2D eigenvalue weighted by atomic mass is 35.5. The quantitative estimate of drug-likeness (QED) is 0.749. The minimum absolute atomic E-state index is 0.0929. The van der Waals surface area contributed by atoms with Gasteiger partial charge in [-0.15, -0.1) is 0 Å². The van der Waals surface area contributed by atoms with Crippen LogP contribution in [0.15, 0.2) is 18.2 Å². The number of carbonyl (C=O) groups is 1. The third-order valence-corrected chi connectivity index (χ3v) is 9.05. The summed E-state index contributed by atoms with van der Waals surface area (Å²) >= 11 is 12.0. The first-order valence-electron chi connectivity index (χ1n) is 10.0. The van der Waals surface area contributed by atoms with Crippen LogP contribution < -0.4 is 5.32 Å². The van der Waals surface area contributed by atoms with Crippen molar-refractivity contribution in [2.24, 2.45) is 17.8 Å². The van der Waals surface area contributed by atoms with Gasteiger partial charge in [0.1, 0.15) is 0 Å². The van der Waals surface area contributed by atoms with E-state index in [0.717, 1.165) is 12.3 Å². The van der Waals surface area contributed by atoms with Crippen LogP contribution in [0, 0.1) is 17.8 Å². The molecular weight excluding hydrogens is 419 g/mol. The average molecular weight is 445 g/mol. The molecule has 28 heavy (non-hydrogen) atoms. The van der Waals surface area contributed by atoms with Gasteiger partial charge < -0.3 is 5.32 Å². The van der Waals surface area contributed by atoms with Crippen LogP contribution >= 0.6 is 23.2 Å². The van der Waals surface area contributed by atoms with Gasteiger partial charge in [-0.3, -0.25) is 4.79 Å². The number of rotatable bonds is 5. The molecule has 2 aliphatic carbocycles. The minimum atomic E-state index is -3.48. The molecule has 154 valence electrons. The SMILES string of the molecule is O=C(N[C@H]1C[C@H]2CC[C@H]1C2)C1CCN(S(=O)(=O)Cc2ccc(Cl)cc2Cl)CC1. The molecule has 1 aliphatic heterocycles. The largest absolute Gasteiger partial charge is 0.353 e. The number of benzene rings is 1. The lowest BCUT2D eigenvalue weighted by Gasteiger charge is -2.32. The van der Waals surface area contributed by atoms with Crippen LogP contribution in [-0.4, -0.2) is 37.8 Å². The molecule has 0 unspecified atom stereocenters. The fourth-order valence-corrected chi connectivity index (χ4v) is 7.19. The number of fused-ring (bicyclic) bond motifs is 2.